The van der Waals surface area contributed by atoms with Gasteiger partial charge >= 0.3 is 0 Å². The normalized spacial score (nSPS) is 16.7. The molecule has 30 heavy (non-hydrogen) atoms. The number of rotatable bonds is 6. The van der Waals surface area contributed by atoms with Gasteiger partial charge in [0.2, 0.25) is 0 Å². The lowest BCUT2D eigenvalue weighted by atomic mass is 10.0. The summed E-state index contributed by atoms with van der Waals surface area (Å²) in [5.74, 6) is -0.232. The number of ether oxygens (including phenoxy) is 2. The molecule has 1 aliphatic rings. The minimum absolute atomic E-state index is 0.0815. The molecule has 0 bridgehead atoms. The molecule has 4 rings (SSSR count). The van der Waals surface area contributed by atoms with E-state index >= 15 is 0 Å². The van der Waals surface area contributed by atoms with E-state index in [4.69, 9.17) is 9.47 Å². The fourth-order valence-electron chi connectivity index (χ4n) is 3.62. The largest absolute Gasteiger partial charge is 0.383 e. The first-order valence-electron chi connectivity index (χ1n) is 9.76. The minimum atomic E-state index is -0.376. The number of aryl methyl sites for hydroxylation is 1. The smallest absolute Gasteiger partial charge is 0.261 e. The van der Waals surface area contributed by atoms with E-state index in [0.717, 1.165) is 15.6 Å². The van der Waals surface area contributed by atoms with Crippen molar-refractivity contribution in [2.75, 3.05) is 40.0 Å². The summed E-state index contributed by atoms with van der Waals surface area (Å²) in [4.78, 5) is 28.2. The number of morpholine rings is 1. The van der Waals surface area contributed by atoms with E-state index in [1.807, 2.05) is 24.3 Å². The molecule has 2 amide bonds. The van der Waals surface area contributed by atoms with Crippen LogP contribution in [0.2, 0.25) is 0 Å². The van der Waals surface area contributed by atoms with Crippen LogP contribution in [-0.4, -0.2) is 66.5 Å². The Hall–Kier alpha value is -2.75. The van der Waals surface area contributed by atoms with Gasteiger partial charge in [-0.3, -0.25) is 14.3 Å². The number of fused-ring (bicyclic) bond motifs is 1. The van der Waals surface area contributed by atoms with Crippen LogP contribution in [0.15, 0.2) is 36.7 Å². The molecule has 1 aliphatic heterocycles. The zero-order valence-corrected chi connectivity index (χ0v) is 17.8. The predicted molar refractivity (Wildman–Crippen MR) is 114 cm³/mol. The highest BCUT2D eigenvalue weighted by Crippen LogP contribution is 2.38. The third-order valence-electron chi connectivity index (χ3n) is 5.06. The van der Waals surface area contributed by atoms with E-state index in [0.29, 0.717) is 43.3 Å². The second-order valence-electron chi connectivity index (χ2n) is 7.10. The number of methoxy groups -OCH3 is 1. The quantitative estimate of drug-likeness (QED) is 0.609. The van der Waals surface area contributed by atoms with Crippen LogP contribution < -0.4 is 5.32 Å². The lowest BCUT2D eigenvalue weighted by molar-refractivity contribution is -0.0222. The molecule has 1 fully saturated rings. The highest BCUT2D eigenvalue weighted by atomic mass is 32.1. The van der Waals surface area contributed by atoms with Crippen LogP contribution in [0.1, 0.15) is 31.7 Å². The average Bonchev–Trinajstić information content (AvgIpc) is 3.37. The van der Waals surface area contributed by atoms with E-state index in [9.17, 15) is 9.59 Å². The Morgan fingerprint density at radius 2 is 2.20 bits per heavy atom. The highest BCUT2D eigenvalue weighted by molar-refractivity contribution is 7.21. The SMILES string of the molecule is COCCNC(=O)c1sc2ccccc2c1[C@@H]1CN(C(=O)c2cnn(C)c2)CCO1. The van der Waals surface area contributed by atoms with Crippen LogP contribution in [0.5, 0.6) is 0 Å². The molecule has 158 valence electrons. The van der Waals surface area contributed by atoms with Gasteiger partial charge in [0, 0.05) is 43.7 Å². The van der Waals surface area contributed by atoms with Crippen molar-refractivity contribution in [3.05, 3.63) is 52.7 Å². The summed E-state index contributed by atoms with van der Waals surface area (Å²) in [7, 11) is 3.38. The van der Waals surface area contributed by atoms with Gasteiger partial charge in [-0.2, -0.15) is 5.10 Å². The number of carbonyl (C=O) groups excluding carboxylic acids is 2. The summed E-state index contributed by atoms with van der Waals surface area (Å²) in [6.07, 6.45) is 2.90. The first-order chi connectivity index (χ1) is 14.6. The molecule has 0 saturated carbocycles. The van der Waals surface area contributed by atoms with Gasteiger partial charge in [-0.05, 0) is 11.5 Å². The molecular formula is C21H24N4O4S. The number of hydrogen-bond donors (Lipinski definition) is 1. The number of benzene rings is 1. The fraction of sp³-hybridized carbons (Fsp3) is 0.381. The lowest BCUT2D eigenvalue weighted by Gasteiger charge is -2.33. The molecule has 1 aromatic carbocycles. The maximum Gasteiger partial charge on any atom is 0.261 e. The third-order valence-corrected chi connectivity index (χ3v) is 6.24. The summed E-state index contributed by atoms with van der Waals surface area (Å²) in [6, 6.07) is 7.90. The van der Waals surface area contributed by atoms with Crippen LogP contribution in [0.3, 0.4) is 0 Å². The second kappa shape index (κ2) is 8.95. The van der Waals surface area contributed by atoms with E-state index in [1.54, 1.807) is 36.1 Å². The number of amides is 2. The zero-order valence-electron chi connectivity index (χ0n) is 17.0. The molecule has 0 aliphatic carbocycles. The van der Waals surface area contributed by atoms with Gasteiger partial charge in [-0.15, -0.1) is 11.3 Å². The predicted octanol–water partition coefficient (Wildman–Crippen LogP) is 2.22. The summed E-state index contributed by atoms with van der Waals surface area (Å²) >= 11 is 1.44. The van der Waals surface area contributed by atoms with Gasteiger partial charge in [-0.25, -0.2) is 0 Å². The molecule has 3 heterocycles. The van der Waals surface area contributed by atoms with E-state index < -0.39 is 0 Å². The van der Waals surface area contributed by atoms with Crippen LogP contribution >= 0.6 is 11.3 Å². The van der Waals surface area contributed by atoms with Crippen molar-refractivity contribution in [2.45, 2.75) is 6.10 Å². The molecule has 9 heteroatoms. The van der Waals surface area contributed by atoms with Crippen LogP contribution in [0.4, 0.5) is 0 Å². The lowest BCUT2D eigenvalue weighted by Crippen LogP contribution is -2.42. The van der Waals surface area contributed by atoms with Gasteiger partial charge in [0.1, 0.15) is 6.10 Å². The molecule has 3 aromatic rings. The highest BCUT2D eigenvalue weighted by Gasteiger charge is 2.32. The molecule has 8 nitrogen and oxygen atoms in total. The molecule has 2 aromatic heterocycles. The Labute approximate surface area is 178 Å². The topological polar surface area (TPSA) is 85.7 Å². The number of nitrogens with one attached hydrogen (secondary N) is 1. The molecular weight excluding hydrogens is 404 g/mol. The Balaban J connectivity index is 1.63. The molecule has 1 N–H and O–H groups in total. The summed E-state index contributed by atoms with van der Waals surface area (Å²) in [5.41, 5.74) is 1.39. The van der Waals surface area contributed by atoms with Crippen molar-refractivity contribution in [1.29, 1.82) is 0 Å². The summed E-state index contributed by atoms with van der Waals surface area (Å²) in [6.45, 7) is 2.17. The van der Waals surface area contributed by atoms with Crippen molar-refractivity contribution in [2.24, 2.45) is 7.05 Å². The average molecular weight is 429 g/mol. The van der Waals surface area contributed by atoms with Crippen molar-refractivity contribution >= 4 is 33.2 Å². The molecule has 0 unspecified atom stereocenters. The number of hydrogen-bond acceptors (Lipinski definition) is 6. The van der Waals surface area contributed by atoms with Gasteiger partial charge in [-0.1, -0.05) is 18.2 Å². The number of thiophene rings is 1. The van der Waals surface area contributed by atoms with Gasteiger partial charge in [0.15, 0.2) is 0 Å². The van der Waals surface area contributed by atoms with E-state index in [-0.39, 0.29) is 17.9 Å². The Morgan fingerprint density at radius 3 is 2.97 bits per heavy atom. The molecule has 1 atom stereocenters. The standard InChI is InChI=1S/C21H24N4O4S/c1-24-12-14(11-23-24)21(27)25-8-10-29-16(13-25)18-15-5-3-4-6-17(15)30-19(18)20(26)22-7-9-28-2/h3-6,11-12,16H,7-10,13H2,1-2H3,(H,22,26)/t16-/m0/s1. The number of carbonyl (C=O) groups is 2. The Bertz CT molecular complexity index is 1060. The van der Waals surface area contributed by atoms with Crippen LogP contribution in [-0.2, 0) is 16.5 Å². The minimum Gasteiger partial charge on any atom is -0.383 e. The summed E-state index contributed by atoms with van der Waals surface area (Å²) in [5, 5.41) is 7.98. The van der Waals surface area contributed by atoms with Crippen molar-refractivity contribution in [3.8, 4) is 0 Å². The zero-order chi connectivity index (χ0) is 21.1. The first kappa shape index (κ1) is 20.5. The number of aromatic nitrogens is 2. The Morgan fingerprint density at radius 1 is 1.37 bits per heavy atom. The number of nitrogens with zero attached hydrogens (tertiary/aromatic N) is 3. The van der Waals surface area contributed by atoms with Crippen LogP contribution in [0.25, 0.3) is 10.1 Å². The molecule has 1 saturated heterocycles. The van der Waals surface area contributed by atoms with Gasteiger partial charge in [0.25, 0.3) is 11.8 Å². The third kappa shape index (κ3) is 4.09. The molecule has 0 spiro atoms. The molecule has 0 radical (unpaired) electrons. The summed E-state index contributed by atoms with van der Waals surface area (Å²) < 4.78 is 13.7. The first-order valence-corrected chi connectivity index (χ1v) is 10.6. The fourth-order valence-corrected chi connectivity index (χ4v) is 4.79. The van der Waals surface area contributed by atoms with Crippen molar-refractivity contribution < 1.29 is 19.1 Å². The van der Waals surface area contributed by atoms with E-state index in [1.165, 1.54) is 11.3 Å². The second-order valence-corrected chi connectivity index (χ2v) is 8.16. The van der Waals surface area contributed by atoms with Gasteiger partial charge < -0.3 is 19.7 Å². The van der Waals surface area contributed by atoms with Crippen molar-refractivity contribution in [1.82, 2.24) is 20.0 Å². The van der Waals surface area contributed by atoms with Gasteiger partial charge in [0.05, 0.1) is 36.4 Å². The maximum absolute atomic E-state index is 12.9. The van der Waals surface area contributed by atoms with E-state index in [2.05, 4.69) is 10.4 Å². The maximum atomic E-state index is 12.9. The monoisotopic (exact) mass is 428 g/mol. The van der Waals surface area contributed by atoms with Crippen LogP contribution in [0, 0.1) is 0 Å². The Kier molecular flexibility index (Phi) is 6.12. The van der Waals surface area contributed by atoms with Crippen molar-refractivity contribution in [3.63, 3.8) is 0 Å².